The lowest BCUT2D eigenvalue weighted by atomic mass is 9.99. The van der Waals surface area contributed by atoms with Crippen molar-refractivity contribution in [2.45, 2.75) is 84.5 Å². The van der Waals surface area contributed by atoms with Gasteiger partial charge in [-0.1, -0.05) is 70.9 Å². The van der Waals surface area contributed by atoms with E-state index in [2.05, 4.69) is 26.0 Å². The Bertz CT molecular complexity index is 357. The SMILES string of the molecule is CCCCCCCc1ccc(O)c(CCCCCC)c1. The van der Waals surface area contributed by atoms with E-state index in [1.54, 1.807) is 0 Å². The number of phenols is 1. The molecule has 0 fully saturated rings. The van der Waals surface area contributed by atoms with Gasteiger partial charge in [-0.2, -0.15) is 0 Å². The van der Waals surface area contributed by atoms with Crippen LogP contribution < -0.4 is 0 Å². The number of phenolic OH excluding ortho intramolecular Hbond substituents is 1. The summed E-state index contributed by atoms with van der Waals surface area (Å²) in [5.41, 5.74) is 2.54. The van der Waals surface area contributed by atoms with Crippen LogP contribution in [0.2, 0.25) is 0 Å². The fraction of sp³-hybridized carbons (Fsp3) is 0.684. The standard InChI is InChI=1S/C19H32O/c1-3-5-7-9-10-12-17-14-15-19(20)18(16-17)13-11-8-6-4-2/h14-16,20H,3-13H2,1-2H3. The summed E-state index contributed by atoms with van der Waals surface area (Å²) in [4.78, 5) is 0. The highest BCUT2D eigenvalue weighted by atomic mass is 16.3. The largest absolute Gasteiger partial charge is 0.508 e. The number of unbranched alkanes of at least 4 members (excludes halogenated alkanes) is 7. The third kappa shape index (κ3) is 6.98. The third-order valence-corrected chi connectivity index (χ3v) is 4.01. The van der Waals surface area contributed by atoms with Gasteiger partial charge in [0, 0.05) is 0 Å². The van der Waals surface area contributed by atoms with Crippen molar-refractivity contribution in [2.24, 2.45) is 0 Å². The van der Waals surface area contributed by atoms with E-state index in [4.69, 9.17) is 0 Å². The van der Waals surface area contributed by atoms with E-state index in [-0.39, 0.29) is 0 Å². The second-order valence-electron chi connectivity index (χ2n) is 5.94. The van der Waals surface area contributed by atoms with Gasteiger partial charge in [-0.15, -0.1) is 0 Å². The molecule has 0 aliphatic heterocycles. The summed E-state index contributed by atoms with van der Waals surface area (Å²) in [7, 11) is 0. The molecule has 0 unspecified atom stereocenters. The van der Waals surface area contributed by atoms with E-state index in [0.29, 0.717) is 5.75 Å². The molecule has 0 amide bonds. The van der Waals surface area contributed by atoms with E-state index in [9.17, 15) is 5.11 Å². The summed E-state index contributed by atoms with van der Waals surface area (Å²) in [6.07, 6.45) is 13.9. The van der Waals surface area contributed by atoms with Crippen LogP contribution in [0.3, 0.4) is 0 Å². The summed E-state index contributed by atoms with van der Waals surface area (Å²) < 4.78 is 0. The quantitative estimate of drug-likeness (QED) is 0.489. The molecule has 0 heterocycles. The van der Waals surface area contributed by atoms with Gasteiger partial charge < -0.3 is 5.11 Å². The monoisotopic (exact) mass is 276 g/mol. The summed E-state index contributed by atoms with van der Waals surface area (Å²) in [5.74, 6) is 0.483. The lowest BCUT2D eigenvalue weighted by Crippen LogP contribution is -1.92. The summed E-state index contributed by atoms with van der Waals surface area (Å²) in [5, 5.41) is 9.93. The summed E-state index contributed by atoms with van der Waals surface area (Å²) in [6.45, 7) is 4.49. The van der Waals surface area contributed by atoms with Crippen molar-refractivity contribution in [3.8, 4) is 5.75 Å². The Balaban J connectivity index is 2.36. The van der Waals surface area contributed by atoms with Gasteiger partial charge in [-0.3, -0.25) is 0 Å². The predicted octanol–water partition coefficient (Wildman–Crippen LogP) is 6.03. The smallest absolute Gasteiger partial charge is 0.118 e. The highest BCUT2D eigenvalue weighted by molar-refractivity contribution is 5.36. The lowest BCUT2D eigenvalue weighted by Gasteiger charge is -2.08. The molecule has 0 aliphatic rings. The van der Waals surface area contributed by atoms with Gasteiger partial charge in [-0.05, 0) is 42.9 Å². The van der Waals surface area contributed by atoms with Crippen molar-refractivity contribution in [1.82, 2.24) is 0 Å². The average molecular weight is 276 g/mol. The number of aromatic hydroxyl groups is 1. The Morgan fingerprint density at radius 3 is 2.05 bits per heavy atom. The van der Waals surface area contributed by atoms with Crippen LogP contribution in [0.1, 0.15) is 82.8 Å². The first-order valence-electron chi connectivity index (χ1n) is 8.58. The topological polar surface area (TPSA) is 20.2 Å². The van der Waals surface area contributed by atoms with Gasteiger partial charge in [-0.25, -0.2) is 0 Å². The van der Waals surface area contributed by atoms with Crippen LogP contribution >= 0.6 is 0 Å². The van der Waals surface area contributed by atoms with Crippen molar-refractivity contribution >= 4 is 0 Å². The normalized spacial score (nSPS) is 10.9. The van der Waals surface area contributed by atoms with E-state index in [0.717, 1.165) is 18.4 Å². The maximum atomic E-state index is 9.93. The van der Waals surface area contributed by atoms with E-state index in [1.165, 1.54) is 63.4 Å². The van der Waals surface area contributed by atoms with Crippen LogP contribution in [0.5, 0.6) is 5.75 Å². The molecule has 0 radical (unpaired) electrons. The molecule has 1 nitrogen and oxygen atoms in total. The summed E-state index contributed by atoms with van der Waals surface area (Å²) >= 11 is 0. The number of rotatable bonds is 11. The van der Waals surface area contributed by atoms with Gasteiger partial charge in [0.25, 0.3) is 0 Å². The van der Waals surface area contributed by atoms with Gasteiger partial charge in [0.15, 0.2) is 0 Å². The Morgan fingerprint density at radius 2 is 1.35 bits per heavy atom. The first-order valence-corrected chi connectivity index (χ1v) is 8.58. The Morgan fingerprint density at radius 1 is 0.750 bits per heavy atom. The third-order valence-electron chi connectivity index (χ3n) is 4.01. The average Bonchev–Trinajstić information content (AvgIpc) is 2.46. The van der Waals surface area contributed by atoms with Crippen molar-refractivity contribution in [1.29, 1.82) is 0 Å². The minimum absolute atomic E-state index is 0.483. The molecule has 0 saturated carbocycles. The molecular formula is C19H32O. The van der Waals surface area contributed by atoms with Crippen LogP contribution in [-0.4, -0.2) is 5.11 Å². The Labute approximate surface area is 125 Å². The lowest BCUT2D eigenvalue weighted by molar-refractivity contribution is 0.466. The summed E-state index contributed by atoms with van der Waals surface area (Å²) in [6, 6.07) is 6.20. The maximum absolute atomic E-state index is 9.93. The van der Waals surface area contributed by atoms with E-state index < -0.39 is 0 Å². The molecule has 0 bridgehead atoms. The zero-order valence-electron chi connectivity index (χ0n) is 13.5. The number of benzene rings is 1. The highest BCUT2D eigenvalue weighted by Gasteiger charge is 2.03. The minimum atomic E-state index is 0.483. The zero-order chi connectivity index (χ0) is 14.6. The maximum Gasteiger partial charge on any atom is 0.118 e. The van der Waals surface area contributed by atoms with Crippen LogP contribution in [0.25, 0.3) is 0 Å². The molecule has 0 atom stereocenters. The first kappa shape index (κ1) is 17.1. The molecule has 1 rings (SSSR count). The fourth-order valence-corrected chi connectivity index (χ4v) is 2.67. The molecule has 114 valence electrons. The van der Waals surface area contributed by atoms with Gasteiger partial charge >= 0.3 is 0 Å². The molecule has 0 aliphatic carbocycles. The Kier molecular flexibility index (Phi) is 9.19. The van der Waals surface area contributed by atoms with Crippen molar-refractivity contribution < 1.29 is 5.11 Å². The first-order chi connectivity index (χ1) is 9.77. The van der Waals surface area contributed by atoms with Crippen molar-refractivity contribution in [2.75, 3.05) is 0 Å². The van der Waals surface area contributed by atoms with Crippen LogP contribution in [0, 0.1) is 0 Å². The second kappa shape index (κ2) is 10.8. The van der Waals surface area contributed by atoms with Crippen molar-refractivity contribution in [3.63, 3.8) is 0 Å². The highest BCUT2D eigenvalue weighted by Crippen LogP contribution is 2.22. The predicted molar refractivity (Wildman–Crippen MR) is 88.4 cm³/mol. The van der Waals surface area contributed by atoms with Crippen LogP contribution in [0.4, 0.5) is 0 Å². The van der Waals surface area contributed by atoms with Gasteiger partial charge in [0.05, 0.1) is 0 Å². The molecular weight excluding hydrogens is 244 g/mol. The van der Waals surface area contributed by atoms with Crippen molar-refractivity contribution in [3.05, 3.63) is 29.3 Å². The number of hydrogen-bond acceptors (Lipinski definition) is 1. The fourth-order valence-electron chi connectivity index (χ4n) is 2.67. The number of hydrogen-bond donors (Lipinski definition) is 1. The van der Waals surface area contributed by atoms with Crippen LogP contribution in [0.15, 0.2) is 18.2 Å². The minimum Gasteiger partial charge on any atom is -0.508 e. The van der Waals surface area contributed by atoms with Gasteiger partial charge in [0.1, 0.15) is 5.75 Å². The molecule has 0 spiro atoms. The molecule has 20 heavy (non-hydrogen) atoms. The Hall–Kier alpha value is -0.980. The molecule has 0 aromatic heterocycles. The molecule has 0 saturated heterocycles. The van der Waals surface area contributed by atoms with E-state index in [1.807, 2.05) is 6.07 Å². The molecule has 1 heteroatoms. The van der Waals surface area contributed by atoms with Crippen LogP contribution in [-0.2, 0) is 12.8 Å². The number of aryl methyl sites for hydroxylation is 2. The zero-order valence-corrected chi connectivity index (χ0v) is 13.5. The molecule has 1 aromatic carbocycles. The van der Waals surface area contributed by atoms with E-state index >= 15 is 0 Å². The molecule has 1 N–H and O–H groups in total. The molecule has 1 aromatic rings. The second-order valence-corrected chi connectivity index (χ2v) is 5.94. The van der Waals surface area contributed by atoms with Gasteiger partial charge in [0.2, 0.25) is 0 Å².